The zero-order valence-corrected chi connectivity index (χ0v) is 15.4. The van der Waals surface area contributed by atoms with E-state index in [9.17, 15) is 4.79 Å². The average molecular weight is 344 g/mol. The number of aromatic nitrogens is 1. The lowest BCUT2D eigenvalue weighted by molar-refractivity contribution is -0.137. The van der Waals surface area contributed by atoms with Gasteiger partial charge in [-0.15, -0.1) is 0 Å². The summed E-state index contributed by atoms with van der Waals surface area (Å²) in [5.74, 6) is 2.11. The molecule has 2 fully saturated rings. The molecule has 0 unspecified atom stereocenters. The average Bonchev–Trinajstić information content (AvgIpc) is 2.62. The van der Waals surface area contributed by atoms with E-state index in [1.54, 1.807) is 6.20 Å². The molecule has 0 radical (unpaired) electrons. The summed E-state index contributed by atoms with van der Waals surface area (Å²) in [6, 6.07) is 5.74. The minimum Gasteiger partial charge on any atom is -0.478 e. The molecule has 1 aromatic rings. The minimum absolute atomic E-state index is 0.296. The summed E-state index contributed by atoms with van der Waals surface area (Å²) in [5.41, 5.74) is 0. The third-order valence-electron chi connectivity index (χ3n) is 5.79. The van der Waals surface area contributed by atoms with Crippen LogP contribution < -0.4 is 4.74 Å². The van der Waals surface area contributed by atoms with Crippen molar-refractivity contribution in [3.8, 4) is 5.88 Å². The van der Waals surface area contributed by atoms with E-state index in [0.717, 1.165) is 51.8 Å². The highest BCUT2D eigenvalue weighted by atomic mass is 16.5. The highest BCUT2D eigenvalue weighted by molar-refractivity contribution is 5.78. The van der Waals surface area contributed by atoms with Crippen LogP contribution in [-0.4, -0.2) is 35.5 Å². The number of likely N-dealkylation sites (tertiary alicyclic amines) is 1. The number of piperidine rings is 1. The largest absolute Gasteiger partial charge is 0.478 e. The number of amides is 1. The predicted molar refractivity (Wildman–Crippen MR) is 99.5 cm³/mol. The molecule has 0 spiro atoms. The van der Waals surface area contributed by atoms with E-state index >= 15 is 0 Å². The molecule has 4 nitrogen and oxygen atoms in total. The summed E-state index contributed by atoms with van der Waals surface area (Å²) in [7, 11) is 0. The molecule has 1 aliphatic carbocycles. The second-order valence-electron chi connectivity index (χ2n) is 7.62. The van der Waals surface area contributed by atoms with E-state index in [0.29, 0.717) is 23.6 Å². The lowest BCUT2D eigenvalue weighted by Gasteiger charge is -2.34. The molecule has 0 aromatic carbocycles. The van der Waals surface area contributed by atoms with E-state index in [1.165, 1.54) is 32.1 Å². The van der Waals surface area contributed by atoms with Crippen LogP contribution in [0.15, 0.2) is 24.4 Å². The summed E-state index contributed by atoms with van der Waals surface area (Å²) in [6.07, 6.45) is 13.7. The van der Waals surface area contributed by atoms with E-state index < -0.39 is 0 Å². The first-order chi connectivity index (χ1) is 12.3. The van der Waals surface area contributed by atoms with Crippen LogP contribution in [0.25, 0.3) is 0 Å². The molecule has 0 atom stereocenters. The van der Waals surface area contributed by atoms with Crippen molar-refractivity contribution >= 4 is 5.91 Å². The number of hydrogen-bond acceptors (Lipinski definition) is 3. The van der Waals surface area contributed by atoms with Crippen LogP contribution >= 0.6 is 0 Å². The number of rotatable bonds is 5. The molecule has 1 saturated carbocycles. The van der Waals surface area contributed by atoms with Gasteiger partial charge in [-0.25, -0.2) is 4.98 Å². The third-order valence-corrected chi connectivity index (χ3v) is 5.79. The number of carbonyl (C=O) groups excluding carboxylic acids is 1. The fourth-order valence-electron chi connectivity index (χ4n) is 4.17. The SMILES string of the molecule is O=C(C1CCCCCCC1)N1CCC(CCOc2ccccn2)CC1. The third kappa shape index (κ3) is 5.72. The van der Waals surface area contributed by atoms with E-state index in [2.05, 4.69) is 9.88 Å². The Labute approximate surface area is 152 Å². The van der Waals surface area contributed by atoms with Crippen LogP contribution in [0.5, 0.6) is 5.88 Å². The second kappa shape index (κ2) is 9.79. The number of nitrogens with zero attached hydrogens (tertiary/aromatic N) is 2. The molecule has 4 heteroatoms. The van der Waals surface area contributed by atoms with Crippen LogP contribution in [0.2, 0.25) is 0 Å². The summed E-state index contributed by atoms with van der Waals surface area (Å²) >= 11 is 0. The molecule has 2 heterocycles. The standard InChI is InChI=1S/C21H32N2O2/c24-21(19-8-4-2-1-3-5-9-19)23-15-11-18(12-16-23)13-17-25-20-10-6-7-14-22-20/h6-7,10,14,18-19H,1-5,8-9,11-13,15-17H2. The van der Waals surface area contributed by atoms with Crippen molar-refractivity contribution in [2.45, 2.75) is 64.2 Å². The quantitative estimate of drug-likeness (QED) is 0.792. The van der Waals surface area contributed by atoms with Crippen molar-refractivity contribution in [1.29, 1.82) is 0 Å². The van der Waals surface area contributed by atoms with Crippen molar-refractivity contribution in [2.24, 2.45) is 11.8 Å². The molecule has 1 aliphatic heterocycles. The maximum atomic E-state index is 12.8. The van der Waals surface area contributed by atoms with E-state index in [4.69, 9.17) is 4.74 Å². The minimum atomic E-state index is 0.296. The molecular weight excluding hydrogens is 312 g/mol. The normalized spacial score (nSPS) is 20.7. The summed E-state index contributed by atoms with van der Waals surface area (Å²) in [4.78, 5) is 19.1. The molecular formula is C21H32N2O2. The Balaban J connectivity index is 1.36. The van der Waals surface area contributed by atoms with Gasteiger partial charge in [0.15, 0.2) is 0 Å². The summed E-state index contributed by atoms with van der Waals surface area (Å²) in [6.45, 7) is 2.59. The van der Waals surface area contributed by atoms with Crippen molar-refractivity contribution in [2.75, 3.05) is 19.7 Å². The van der Waals surface area contributed by atoms with E-state index in [1.807, 2.05) is 18.2 Å². The Morgan fingerprint density at radius 1 is 1.04 bits per heavy atom. The first-order valence-electron chi connectivity index (χ1n) is 10.2. The maximum Gasteiger partial charge on any atom is 0.225 e. The van der Waals surface area contributed by atoms with Gasteiger partial charge in [0.1, 0.15) is 0 Å². The van der Waals surface area contributed by atoms with E-state index in [-0.39, 0.29) is 0 Å². The number of pyridine rings is 1. The summed E-state index contributed by atoms with van der Waals surface area (Å²) in [5, 5.41) is 0. The van der Waals surface area contributed by atoms with Gasteiger partial charge >= 0.3 is 0 Å². The van der Waals surface area contributed by atoms with Gasteiger partial charge in [-0.2, -0.15) is 0 Å². The molecule has 1 saturated heterocycles. The molecule has 3 rings (SSSR count). The van der Waals surface area contributed by atoms with Crippen molar-refractivity contribution in [1.82, 2.24) is 9.88 Å². The van der Waals surface area contributed by atoms with Crippen LogP contribution in [0.4, 0.5) is 0 Å². The highest BCUT2D eigenvalue weighted by Crippen LogP contribution is 2.27. The smallest absolute Gasteiger partial charge is 0.225 e. The highest BCUT2D eigenvalue weighted by Gasteiger charge is 2.28. The predicted octanol–water partition coefficient (Wildman–Crippen LogP) is 4.45. The molecule has 0 bridgehead atoms. The Bertz CT molecular complexity index is 504. The topological polar surface area (TPSA) is 42.4 Å². The monoisotopic (exact) mass is 344 g/mol. The van der Waals surface area contributed by atoms with Crippen LogP contribution in [-0.2, 0) is 4.79 Å². The summed E-state index contributed by atoms with van der Waals surface area (Å²) < 4.78 is 5.71. The van der Waals surface area contributed by atoms with Gasteiger partial charge in [0.2, 0.25) is 11.8 Å². The van der Waals surface area contributed by atoms with Gasteiger partial charge in [-0.05, 0) is 44.1 Å². The molecule has 0 N–H and O–H groups in total. The fraction of sp³-hybridized carbons (Fsp3) is 0.714. The van der Waals surface area contributed by atoms with Crippen molar-refractivity contribution < 1.29 is 9.53 Å². The Morgan fingerprint density at radius 3 is 2.44 bits per heavy atom. The Morgan fingerprint density at radius 2 is 1.76 bits per heavy atom. The van der Waals surface area contributed by atoms with Crippen LogP contribution in [0.1, 0.15) is 64.2 Å². The van der Waals surface area contributed by atoms with Crippen LogP contribution in [0.3, 0.4) is 0 Å². The zero-order chi connectivity index (χ0) is 17.3. The van der Waals surface area contributed by atoms with Crippen LogP contribution in [0, 0.1) is 11.8 Å². The molecule has 1 amide bonds. The molecule has 1 aromatic heterocycles. The molecule has 138 valence electrons. The van der Waals surface area contributed by atoms with Gasteiger partial charge in [-0.3, -0.25) is 4.79 Å². The number of carbonyl (C=O) groups is 1. The van der Waals surface area contributed by atoms with Crippen molar-refractivity contribution in [3.05, 3.63) is 24.4 Å². The number of hydrogen-bond donors (Lipinski definition) is 0. The first kappa shape index (κ1) is 18.2. The molecule has 2 aliphatic rings. The zero-order valence-electron chi connectivity index (χ0n) is 15.4. The van der Waals surface area contributed by atoms with Gasteiger partial charge in [0, 0.05) is 31.3 Å². The van der Waals surface area contributed by atoms with Crippen molar-refractivity contribution in [3.63, 3.8) is 0 Å². The first-order valence-corrected chi connectivity index (χ1v) is 10.2. The van der Waals surface area contributed by atoms with Gasteiger partial charge in [0.25, 0.3) is 0 Å². The van der Waals surface area contributed by atoms with Gasteiger partial charge in [0.05, 0.1) is 6.61 Å². The number of ether oxygens (including phenoxy) is 1. The lowest BCUT2D eigenvalue weighted by Crippen LogP contribution is -2.42. The lowest BCUT2D eigenvalue weighted by atomic mass is 9.88. The second-order valence-corrected chi connectivity index (χ2v) is 7.62. The fourth-order valence-corrected chi connectivity index (χ4v) is 4.17. The van der Waals surface area contributed by atoms with Gasteiger partial charge in [-0.1, -0.05) is 38.2 Å². The Hall–Kier alpha value is -1.58. The van der Waals surface area contributed by atoms with Gasteiger partial charge < -0.3 is 9.64 Å². The maximum absolute atomic E-state index is 12.8. The molecule has 25 heavy (non-hydrogen) atoms. The Kier molecular flexibility index (Phi) is 7.13.